The lowest BCUT2D eigenvalue weighted by molar-refractivity contribution is -0.322. The zero-order valence-electron chi connectivity index (χ0n) is 15.1. The van der Waals surface area contributed by atoms with Gasteiger partial charge in [0.15, 0.2) is 5.78 Å². The molecule has 162 valence electrons. The Kier molecular flexibility index (Phi) is 5.35. The van der Waals surface area contributed by atoms with E-state index < -0.39 is 53.0 Å². The van der Waals surface area contributed by atoms with Crippen LogP contribution < -0.4 is 5.32 Å². The molecule has 0 aliphatic carbocycles. The predicted octanol–water partition coefficient (Wildman–Crippen LogP) is 4.21. The van der Waals surface area contributed by atoms with Gasteiger partial charge in [-0.3, -0.25) is 9.69 Å². The lowest BCUT2D eigenvalue weighted by atomic mass is 9.76. The standard InChI is InChI=1S/C18H14F6N2O3S/c1-26-15(28)25-13(9-5-2-3-6-10(9)17(19,20)21)12(16(26,29)18(22,23)24)14(27)11-7-4-8-30-11/h2-8,12-13,29H,1H3,(H,25,28). The van der Waals surface area contributed by atoms with Crippen LogP contribution in [-0.4, -0.2) is 40.8 Å². The molecule has 1 aliphatic rings. The Hall–Kier alpha value is -2.60. The fourth-order valence-electron chi connectivity index (χ4n) is 3.47. The monoisotopic (exact) mass is 452 g/mol. The third-order valence-electron chi connectivity index (χ3n) is 4.93. The van der Waals surface area contributed by atoms with Crippen LogP contribution in [0.3, 0.4) is 0 Å². The van der Waals surface area contributed by atoms with Crippen molar-refractivity contribution in [2.75, 3.05) is 7.05 Å². The third-order valence-corrected chi connectivity index (χ3v) is 5.81. The summed E-state index contributed by atoms with van der Waals surface area (Å²) in [5, 5.41) is 14.1. The summed E-state index contributed by atoms with van der Waals surface area (Å²) in [6.07, 6.45) is -10.5. The number of urea groups is 1. The topological polar surface area (TPSA) is 69.6 Å². The van der Waals surface area contributed by atoms with Crippen LogP contribution in [-0.2, 0) is 6.18 Å². The van der Waals surface area contributed by atoms with Crippen molar-refractivity contribution in [1.82, 2.24) is 10.2 Å². The van der Waals surface area contributed by atoms with Crippen molar-refractivity contribution >= 4 is 23.2 Å². The molecule has 12 heteroatoms. The van der Waals surface area contributed by atoms with Gasteiger partial charge in [-0.2, -0.15) is 26.3 Å². The Bertz CT molecular complexity index is 960. The smallest absolute Gasteiger partial charge is 0.363 e. The summed E-state index contributed by atoms with van der Waals surface area (Å²) in [6, 6.07) is 2.63. The normalized spacial score (nSPS) is 25.2. The summed E-state index contributed by atoms with van der Waals surface area (Å²) in [5.74, 6) is -3.75. The van der Waals surface area contributed by atoms with E-state index in [1.54, 1.807) is 0 Å². The average molecular weight is 452 g/mol. The van der Waals surface area contributed by atoms with Crippen molar-refractivity contribution < 1.29 is 41.0 Å². The first kappa shape index (κ1) is 22.1. The van der Waals surface area contributed by atoms with Crippen molar-refractivity contribution in [2.24, 2.45) is 5.92 Å². The molecule has 3 rings (SSSR count). The molecule has 0 saturated carbocycles. The van der Waals surface area contributed by atoms with E-state index in [1.165, 1.54) is 17.5 Å². The summed E-state index contributed by atoms with van der Waals surface area (Å²) >= 11 is 0.764. The summed E-state index contributed by atoms with van der Waals surface area (Å²) in [7, 11) is 0.614. The number of thiophene rings is 1. The Morgan fingerprint density at radius 3 is 2.30 bits per heavy atom. The van der Waals surface area contributed by atoms with E-state index in [4.69, 9.17) is 0 Å². The Morgan fingerprint density at radius 1 is 1.13 bits per heavy atom. The number of alkyl halides is 6. The SMILES string of the molecule is CN1C(=O)NC(c2ccccc2C(F)(F)F)C(C(=O)c2cccs2)C1(O)C(F)(F)F. The van der Waals surface area contributed by atoms with E-state index in [-0.39, 0.29) is 9.78 Å². The molecule has 0 radical (unpaired) electrons. The second-order valence-electron chi connectivity index (χ2n) is 6.61. The number of carbonyl (C=O) groups is 2. The fraction of sp³-hybridized carbons (Fsp3) is 0.333. The second-order valence-corrected chi connectivity index (χ2v) is 7.56. The summed E-state index contributed by atoms with van der Waals surface area (Å²) < 4.78 is 82.5. The Morgan fingerprint density at radius 2 is 1.77 bits per heavy atom. The number of hydrogen-bond donors (Lipinski definition) is 2. The van der Waals surface area contributed by atoms with Crippen molar-refractivity contribution in [3.05, 3.63) is 57.8 Å². The minimum absolute atomic E-state index is 0.115. The van der Waals surface area contributed by atoms with Gasteiger partial charge >= 0.3 is 18.4 Å². The third kappa shape index (κ3) is 3.43. The van der Waals surface area contributed by atoms with Crippen LogP contribution in [0.5, 0.6) is 0 Å². The van der Waals surface area contributed by atoms with E-state index in [0.29, 0.717) is 13.1 Å². The first-order chi connectivity index (χ1) is 13.8. The molecule has 3 atom stereocenters. The zero-order valence-corrected chi connectivity index (χ0v) is 15.9. The molecule has 5 nitrogen and oxygen atoms in total. The van der Waals surface area contributed by atoms with Crippen molar-refractivity contribution in [1.29, 1.82) is 0 Å². The highest BCUT2D eigenvalue weighted by molar-refractivity contribution is 7.12. The first-order valence-corrected chi connectivity index (χ1v) is 9.25. The van der Waals surface area contributed by atoms with E-state index in [9.17, 15) is 41.0 Å². The summed E-state index contributed by atoms with van der Waals surface area (Å²) in [5.41, 5.74) is -6.13. The highest BCUT2D eigenvalue weighted by Crippen LogP contribution is 2.49. The van der Waals surface area contributed by atoms with Crippen LogP contribution in [0.1, 0.15) is 26.8 Å². The number of Topliss-reactive ketones (excluding diaryl/α,β-unsaturated/α-hetero) is 1. The average Bonchev–Trinajstić information content (AvgIpc) is 3.18. The van der Waals surface area contributed by atoms with Gasteiger partial charge in [0.2, 0.25) is 0 Å². The molecule has 0 spiro atoms. The quantitative estimate of drug-likeness (QED) is 0.542. The molecule has 1 aliphatic heterocycles. The van der Waals surface area contributed by atoms with Crippen LogP contribution in [0.4, 0.5) is 31.1 Å². The molecule has 3 unspecified atom stereocenters. The van der Waals surface area contributed by atoms with Gasteiger partial charge in [0, 0.05) is 7.05 Å². The van der Waals surface area contributed by atoms with Gasteiger partial charge in [-0.05, 0) is 23.1 Å². The number of nitrogens with one attached hydrogen (secondary N) is 1. The van der Waals surface area contributed by atoms with E-state index in [1.807, 2.05) is 5.32 Å². The number of ketones is 1. The van der Waals surface area contributed by atoms with Gasteiger partial charge in [0.1, 0.15) is 5.92 Å². The number of nitrogens with zero attached hydrogens (tertiary/aromatic N) is 1. The van der Waals surface area contributed by atoms with Crippen LogP contribution >= 0.6 is 11.3 Å². The minimum atomic E-state index is -5.54. The van der Waals surface area contributed by atoms with Crippen LogP contribution in [0.15, 0.2) is 41.8 Å². The number of carbonyl (C=O) groups excluding carboxylic acids is 2. The van der Waals surface area contributed by atoms with Gasteiger partial charge < -0.3 is 10.4 Å². The minimum Gasteiger partial charge on any atom is -0.363 e. The lowest BCUT2D eigenvalue weighted by Gasteiger charge is -2.50. The number of benzene rings is 1. The molecular weight excluding hydrogens is 438 g/mol. The molecule has 2 heterocycles. The number of halogens is 6. The van der Waals surface area contributed by atoms with Crippen LogP contribution in [0.2, 0.25) is 0 Å². The first-order valence-electron chi connectivity index (χ1n) is 8.37. The molecule has 2 N–H and O–H groups in total. The maximum absolute atomic E-state index is 14.0. The molecule has 2 amide bonds. The Balaban J connectivity index is 2.28. The van der Waals surface area contributed by atoms with Crippen molar-refractivity contribution in [3.63, 3.8) is 0 Å². The van der Waals surface area contributed by atoms with Gasteiger partial charge in [-0.25, -0.2) is 4.79 Å². The number of amides is 2. The molecule has 0 bridgehead atoms. The molecule has 1 aromatic carbocycles. The summed E-state index contributed by atoms with van der Waals surface area (Å²) in [6.45, 7) is 0. The molecule has 1 saturated heterocycles. The molecule has 30 heavy (non-hydrogen) atoms. The van der Waals surface area contributed by atoms with E-state index in [2.05, 4.69) is 0 Å². The molecular formula is C18H14F6N2O3S. The van der Waals surface area contributed by atoms with Crippen LogP contribution in [0, 0.1) is 5.92 Å². The van der Waals surface area contributed by atoms with Gasteiger partial charge in [-0.15, -0.1) is 11.3 Å². The molecule has 1 fully saturated rings. The van der Waals surface area contributed by atoms with E-state index >= 15 is 0 Å². The maximum atomic E-state index is 14.0. The molecule has 1 aromatic heterocycles. The van der Waals surface area contributed by atoms with E-state index in [0.717, 1.165) is 29.5 Å². The van der Waals surface area contributed by atoms with Crippen molar-refractivity contribution in [3.8, 4) is 0 Å². The Labute approximate surface area is 169 Å². The summed E-state index contributed by atoms with van der Waals surface area (Å²) in [4.78, 5) is 24.9. The predicted molar refractivity (Wildman–Crippen MR) is 93.6 cm³/mol. The highest BCUT2D eigenvalue weighted by atomic mass is 32.1. The van der Waals surface area contributed by atoms with Gasteiger partial charge in [-0.1, -0.05) is 24.3 Å². The molecule has 2 aromatic rings. The maximum Gasteiger partial charge on any atom is 0.437 e. The second kappa shape index (κ2) is 7.27. The van der Waals surface area contributed by atoms with Gasteiger partial charge in [0.05, 0.1) is 16.5 Å². The van der Waals surface area contributed by atoms with Gasteiger partial charge in [0.25, 0.3) is 5.72 Å². The number of hydrogen-bond acceptors (Lipinski definition) is 4. The van der Waals surface area contributed by atoms with Crippen molar-refractivity contribution in [2.45, 2.75) is 24.1 Å². The highest BCUT2D eigenvalue weighted by Gasteiger charge is 2.69. The fourth-order valence-corrected chi connectivity index (χ4v) is 4.17. The number of rotatable bonds is 3. The zero-order chi connectivity index (χ0) is 22.5. The lowest BCUT2D eigenvalue weighted by Crippen LogP contribution is -2.73. The largest absolute Gasteiger partial charge is 0.437 e. The van der Waals surface area contributed by atoms with Crippen LogP contribution in [0.25, 0.3) is 0 Å². The number of aliphatic hydroxyl groups is 1.